The predicted octanol–water partition coefficient (Wildman–Crippen LogP) is 6.11. The lowest BCUT2D eigenvalue weighted by molar-refractivity contribution is -0.125. The third-order valence-corrected chi connectivity index (χ3v) is 6.85. The second kappa shape index (κ2) is 11.6. The number of fused-ring (bicyclic) bond motifs is 1. The largest absolute Gasteiger partial charge is 0.457 e. The number of carbonyl (C=O) groups is 1. The molecular weight excluding hydrogens is 514 g/mol. The molecule has 0 aliphatic carbocycles. The van der Waals surface area contributed by atoms with Crippen molar-refractivity contribution in [1.29, 1.82) is 5.26 Å². The number of hydrogen-bond acceptors (Lipinski definition) is 7. The first-order valence-corrected chi connectivity index (χ1v) is 13.3. The molecule has 1 saturated heterocycles. The fraction of sp³-hybridized carbons (Fsp3) is 0.125. The van der Waals surface area contributed by atoms with Gasteiger partial charge >= 0.3 is 0 Å². The number of nitrogens with one attached hydrogen (secondary N) is 3. The van der Waals surface area contributed by atoms with Gasteiger partial charge in [0.25, 0.3) is 5.91 Å². The molecule has 0 saturated carbocycles. The number of ether oxygens (including phenoxy) is 1. The second-order valence-corrected chi connectivity index (χ2v) is 9.68. The number of hydrogen-bond donors (Lipinski definition) is 3. The summed E-state index contributed by atoms with van der Waals surface area (Å²) in [5.74, 6) is 1.91. The summed E-state index contributed by atoms with van der Waals surface area (Å²) in [5.41, 5.74) is 3.31. The Morgan fingerprint density at radius 1 is 1.00 bits per heavy atom. The highest BCUT2D eigenvalue weighted by Gasteiger charge is 2.29. The minimum absolute atomic E-state index is 0.0235. The van der Waals surface area contributed by atoms with Gasteiger partial charge in [0, 0.05) is 31.0 Å². The molecule has 2 aromatic heterocycles. The van der Waals surface area contributed by atoms with E-state index in [-0.39, 0.29) is 17.5 Å². The summed E-state index contributed by atoms with van der Waals surface area (Å²) in [5, 5.41) is 24.9. The highest BCUT2D eigenvalue weighted by molar-refractivity contribution is 6.02. The minimum Gasteiger partial charge on any atom is -0.457 e. The van der Waals surface area contributed by atoms with E-state index in [1.165, 1.54) is 0 Å². The standard InChI is InChI=1S/C32H27N7O2/c33-20-23(19-22-7-3-1-4-8-22)32(40)39-18-16-25(21-39)36-31-29-28(15-17-34-30(29)37-38-31)35-24-11-13-27(14-12-24)41-26-9-5-2-6-10-26/h1-15,17,19,25H,16,18,21H2,(H3,34,35,36,37,38)/b23-19+/t25-/m1/s1. The number of pyridine rings is 1. The molecule has 9 heteroatoms. The van der Waals surface area contributed by atoms with Gasteiger partial charge in [0.15, 0.2) is 11.5 Å². The van der Waals surface area contributed by atoms with Crippen LogP contribution in [0.15, 0.2) is 103 Å². The van der Waals surface area contributed by atoms with Crippen LogP contribution in [0.3, 0.4) is 0 Å². The number of para-hydroxylation sites is 1. The number of anilines is 3. The van der Waals surface area contributed by atoms with Crippen LogP contribution in [-0.4, -0.2) is 45.1 Å². The molecule has 0 radical (unpaired) electrons. The number of nitriles is 1. The van der Waals surface area contributed by atoms with Gasteiger partial charge in [-0.15, -0.1) is 0 Å². The van der Waals surface area contributed by atoms with Crippen molar-refractivity contribution in [2.24, 2.45) is 0 Å². The predicted molar refractivity (Wildman–Crippen MR) is 159 cm³/mol. The van der Waals surface area contributed by atoms with E-state index in [0.29, 0.717) is 24.6 Å². The van der Waals surface area contributed by atoms with E-state index in [0.717, 1.165) is 40.2 Å². The maximum atomic E-state index is 13.1. The molecule has 9 nitrogen and oxygen atoms in total. The molecule has 41 heavy (non-hydrogen) atoms. The van der Waals surface area contributed by atoms with Crippen molar-refractivity contribution in [2.75, 3.05) is 23.7 Å². The zero-order valence-corrected chi connectivity index (χ0v) is 22.1. The van der Waals surface area contributed by atoms with Crippen LogP contribution >= 0.6 is 0 Å². The molecule has 1 aliphatic heterocycles. The van der Waals surface area contributed by atoms with Gasteiger partial charge in [-0.2, -0.15) is 10.4 Å². The van der Waals surface area contributed by atoms with Crippen LogP contribution in [0.5, 0.6) is 11.5 Å². The number of likely N-dealkylation sites (tertiary alicyclic amines) is 1. The molecule has 5 aromatic rings. The summed E-state index contributed by atoms with van der Waals surface area (Å²) in [7, 11) is 0. The SMILES string of the molecule is N#C/C(=C\c1ccccc1)C(=O)N1CC[C@@H](Nc2n[nH]c3nccc(Nc4ccc(Oc5ccccc5)cc4)c23)C1. The molecule has 1 aliphatic rings. The fourth-order valence-corrected chi connectivity index (χ4v) is 4.83. The number of aromatic nitrogens is 3. The Kier molecular flexibility index (Phi) is 7.28. The van der Waals surface area contributed by atoms with Crippen LogP contribution < -0.4 is 15.4 Å². The Labute approximate surface area is 237 Å². The van der Waals surface area contributed by atoms with Crippen molar-refractivity contribution in [2.45, 2.75) is 12.5 Å². The number of benzene rings is 3. The molecule has 3 N–H and O–H groups in total. The molecule has 6 rings (SSSR count). The number of aromatic amines is 1. The van der Waals surface area contributed by atoms with Crippen LogP contribution in [0.1, 0.15) is 12.0 Å². The summed E-state index contributed by atoms with van der Waals surface area (Å²) in [6.45, 7) is 1.01. The van der Waals surface area contributed by atoms with Gasteiger partial charge in [-0.05, 0) is 60.5 Å². The molecule has 0 bridgehead atoms. The first-order chi connectivity index (χ1) is 20.2. The number of nitrogens with zero attached hydrogens (tertiary/aromatic N) is 4. The second-order valence-electron chi connectivity index (χ2n) is 9.68. The number of carbonyl (C=O) groups excluding carboxylic acids is 1. The van der Waals surface area contributed by atoms with E-state index >= 15 is 0 Å². The van der Waals surface area contributed by atoms with Gasteiger partial charge in [-0.25, -0.2) is 4.98 Å². The zero-order chi connectivity index (χ0) is 28.0. The Morgan fingerprint density at radius 3 is 2.49 bits per heavy atom. The molecule has 1 amide bonds. The van der Waals surface area contributed by atoms with Crippen molar-refractivity contribution in [3.8, 4) is 17.6 Å². The number of amides is 1. The molecule has 0 spiro atoms. The third-order valence-electron chi connectivity index (χ3n) is 6.85. The lowest BCUT2D eigenvalue weighted by Crippen LogP contribution is -2.32. The van der Waals surface area contributed by atoms with Crippen LogP contribution in [0, 0.1) is 11.3 Å². The van der Waals surface area contributed by atoms with Crippen LogP contribution in [0.4, 0.5) is 17.2 Å². The summed E-state index contributed by atoms with van der Waals surface area (Å²) in [6.07, 6.45) is 4.09. The third kappa shape index (κ3) is 5.87. The van der Waals surface area contributed by atoms with Gasteiger partial charge in [0.2, 0.25) is 0 Å². The normalized spacial score (nSPS) is 15.0. The Bertz CT molecular complexity index is 1730. The number of H-pyrrole nitrogens is 1. The first kappa shape index (κ1) is 25.6. The van der Waals surface area contributed by atoms with Crippen molar-refractivity contribution >= 4 is 40.2 Å². The van der Waals surface area contributed by atoms with Gasteiger partial charge in [0.1, 0.15) is 23.1 Å². The molecule has 3 heterocycles. The number of rotatable bonds is 8. The first-order valence-electron chi connectivity index (χ1n) is 13.3. The van der Waals surface area contributed by atoms with Gasteiger partial charge in [0.05, 0.1) is 11.1 Å². The Balaban J connectivity index is 1.14. The molecule has 0 unspecified atom stereocenters. The lowest BCUT2D eigenvalue weighted by atomic mass is 10.1. The van der Waals surface area contributed by atoms with E-state index in [1.54, 1.807) is 17.2 Å². The average Bonchev–Trinajstić information content (AvgIpc) is 3.66. The van der Waals surface area contributed by atoms with E-state index < -0.39 is 0 Å². The molecule has 3 aromatic carbocycles. The smallest absolute Gasteiger partial charge is 0.264 e. The van der Waals surface area contributed by atoms with Crippen molar-refractivity contribution in [3.63, 3.8) is 0 Å². The minimum atomic E-state index is -0.267. The average molecular weight is 542 g/mol. The monoisotopic (exact) mass is 541 g/mol. The maximum Gasteiger partial charge on any atom is 0.264 e. The Morgan fingerprint density at radius 2 is 1.73 bits per heavy atom. The molecular formula is C32H27N7O2. The van der Waals surface area contributed by atoms with Crippen molar-refractivity contribution in [1.82, 2.24) is 20.1 Å². The van der Waals surface area contributed by atoms with Crippen LogP contribution in [-0.2, 0) is 4.79 Å². The highest BCUT2D eigenvalue weighted by Crippen LogP contribution is 2.32. The quantitative estimate of drug-likeness (QED) is 0.160. The van der Waals surface area contributed by atoms with Gasteiger partial charge < -0.3 is 20.3 Å². The van der Waals surface area contributed by atoms with E-state index in [1.807, 2.05) is 91.0 Å². The summed E-state index contributed by atoms with van der Waals surface area (Å²) in [6, 6.07) is 30.7. The van der Waals surface area contributed by atoms with Crippen LogP contribution in [0.2, 0.25) is 0 Å². The van der Waals surface area contributed by atoms with E-state index in [4.69, 9.17) is 4.74 Å². The van der Waals surface area contributed by atoms with Gasteiger partial charge in [-0.3, -0.25) is 9.89 Å². The highest BCUT2D eigenvalue weighted by atomic mass is 16.5. The van der Waals surface area contributed by atoms with Crippen LogP contribution in [0.25, 0.3) is 17.1 Å². The summed E-state index contributed by atoms with van der Waals surface area (Å²) in [4.78, 5) is 19.2. The summed E-state index contributed by atoms with van der Waals surface area (Å²) >= 11 is 0. The van der Waals surface area contributed by atoms with E-state index in [2.05, 4.69) is 31.9 Å². The van der Waals surface area contributed by atoms with Gasteiger partial charge in [-0.1, -0.05) is 48.5 Å². The zero-order valence-electron chi connectivity index (χ0n) is 22.1. The molecule has 1 fully saturated rings. The Hall–Kier alpha value is -5.62. The fourth-order valence-electron chi connectivity index (χ4n) is 4.83. The van der Waals surface area contributed by atoms with Crippen molar-refractivity contribution < 1.29 is 9.53 Å². The maximum absolute atomic E-state index is 13.1. The van der Waals surface area contributed by atoms with E-state index in [9.17, 15) is 10.1 Å². The molecule has 1 atom stereocenters. The van der Waals surface area contributed by atoms with Crippen molar-refractivity contribution in [3.05, 3.63) is 108 Å². The molecule has 202 valence electrons. The topological polar surface area (TPSA) is 119 Å². The summed E-state index contributed by atoms with van der Waals surface area (Å²) < 4.78 is 5.90. The lowest BCUT2D eigenvalue weighted by Gasteiger charge is -2.17.